The minimum absolute atomic E-state index is 0. The molecule has 5 heteroatoms. The molecule has 4 unspecified atom stereocenters. The molecule has 0 aliphatic heterocycles. The average Bonchev–Trinajstić information content (AvgIpc) is 2.58. The second kappa shape index (κ2) is 5.02. The van der Waals surface area contributed by atoms with Gasteiger partial charge in [-0.1, -0.05) is 0 Å². The summed E-state index contributed by atoms with van der Waals surface area (Å²) in [5, 5.41) is 2.97. The first-order valence-electron chi connectivity index (χ1n) is 6.10. The molecule has 0 aromatic rings. The Labute approximate surface area is 109 Å². The lowest BCUT2D eigenvalue weighted by molar-refractivity contribution is 0.0485. The minimum atomic E-state index is -0.419. The van der Waals surface area contributed by atoms with Gasteiger partial charge in [0.1, 0.15) is 5.60 Å². The van der Waals surface area contributed by atoms with Crippen molar-refractivity contribution in [2.75, 3.05) is 0 Å². The van der Waals surface area contributed by atoms with E-state index >= 15 is 0 Å². The minimum Gasteiger partial charge on any atom is -0.444 e. The Morgan fingerprint density at radius 2 is 1.88 bits per heavy atom. The molecule has 3 N–H and O–H groups in total. The molecule has 4 atom stereocenters. The molecule has 2 saturated carbocycles. The van der Waals surface area contributed by atoms with Gasteiger partial charge in [0.05, 0.1) is 0 Å². The Bertz CT molecular complexity index is 289. The van der Waals surface area contributed by atoms with Gasteiger partial charge in [0.2, 0.25) is 0 Å². The van der Waals surface area contributed by atoms with Crippen LogP contribution in [0.2, 0.25) is 0 Å². The first-order valence-corrected chi connectivity index (χ1v) is 6.10. The lowest BCUT2D eigenvalue weighted by atomic mass is 9.92. The third-order valence-corrected chi connectivity index (χ3v) is 3.61. The molecule has 2 aliphatic carbocycles. The smallest absolute Gasteiger partial charge is 0.407 e. The first kappa shape index (κ1) is 14.6. The van der Waals surface area contributed by atoms with Crippen LogP contribution in [-0.4, -0.2) is 23.8 Å². The number of ether oxygens (including phenoxy) is 1. The highest BCUT2D eigenvalue weighted by Crippen LogP contribution is 2.43. The number of carbonyl (C=O) groups is 1. The molecular formula is C12H23ClN2O2. The van der Waals surface area contributed by atoms with E-state index < -0.39 is 5.60 Å². The van der Waals surface area contributed by atoms with Gasteiger partial charge < -0.3 is 15.8 Å². The summed E-state index contributed by atoms with van der Waals surface area (Å²) in [6, 6.07) is 0.626. The predicted molar refractivity (Wildman–Crippen MR) is 69.2 cm³/mol. The van der Waals surface area contributed by atoms with E-state index in [0.717, 1.165) is 12.8 Å². The second-order valence-corrected chi connectivity index (χ2v) is 6.14. The number of rotatable bonds is 1. The van der Waals surface area contributed by atoms with Crippen LogP contribution in [0.1, 0.15) is 40.0 Å². The van der Waals surface area contributed by atoms with Crippen LogP contribution < -0.4 is 11.1 Å². The molecule has 0 spiro atoms. The lowest BCUT2D eigenvalue weighted by Crippen LogP contribution is -2.44. The number of halogens is 1. The lowest BCUT2D eigenvalue weighted by Gasteiger charge is -2.28. The van der Waals surface area contributed by atoms with Gasteiger partial charge >= 0.3 is 6.09 Å². The molecule has 100 valence electrons. The van der Waals surface area contributed by atoms with Crippen LogP contribution in [0.25, 0.3) is 0 Å². The summed E-state index contributed by atoms with van der Waals surface area (Å²) in [5.41, 5.74) is 5.55. The molecule has 2 fully saturated rings. The van der Waals surface area contributed by atoms with Crippen molar-refractivity contribution in [3.63, 3.8) is 0 Å². The zero-order valence-corrected chi connectivity index (χ0v) is 11.5. The molecule has 2 aliphatic rings. The normalized spacial score (nSPS) is 35.3. The maximum atomic E-state index is 11.6. The van der Waals surface area contributed by atoms with Gasteiger partial charge in [0.25, 0.3) is 0 Å². The van der Waals surface area contributed by atoms with Gasteiger partial charge in [-0.3, -0.25) is 0 Å². The van der Waals surface area contributed by atoms with Crippen molar-refractivity contribution in [2.24, 2.45) is 17.6 Å². The first-order chi connectivity index (χ1) is 7.35. The number of nitrogens with two attached hydrogens (primary N) is 1. The number of amides is 1. The Kier molecular flexibility index (Phi) is 4.31. The molecule has 4 nitrogen and oxygen atoms in total. The maximum absolute atomic E-state index is 11.6. The van der Waals surface area contributed by atoms with Crippen LogP contribution in [0, 0.1) is 11.8 Å². The number of hydrogen-bond donors (Lipinski definition) is 2. The van der Waals surface area contributed by atoms with Crippen molar-refractivity contribution in [3.8, 4) is 0 Å². The van der Waals surface area contributed by atoms with Crippen molar-refractivity contribution >= 4 is 18.5 Å². The topological polar surface area (TPSA) is 64.3 Å². The highest BCUT2D eigenvalue weighted by atomic mass is 35.5. The quantitative estimate of drug-likeness (QED) is 0.760. The van der Waals surface area contributed by atoms with Crippen molar-refractivity contribution in [1.29, 1.82) is 0 Å². The van der Waals surface area contributed by atoms with Gasteiger partial charge in [-0.05, 0) is 51.9 Å². The molecule has 0 heterocycles. The third-order valence-electron chi connectivity index (χ3n) is 3.61. The molecule has 0 aromatic carbocycles. The summed E-state index contributed by atoms with van der Waals surface area (Å²) in [4.78, 5) is 11.6. The van der Waals surface area contributed by atoms with E-state index in [1.54, 1.807) is 0 Å². The Hall–Kier alpha value is -0.480. The zero-order valence-electron chi connectivity index (χ0n) is 10.7. The average molecular weight is 263 g/mol. The number of hydrogen-bond acceptors (Lipinski definition) is 3. The molecule has 1 amide bonds. The molecule has 2 rings (SSSR count). The second-order valence-electron chi connectivity index (χ2n) is 6.14. The summed E-state index contributed by atoms with van der Waals surface area (Å²) >= 11 is 0. The fourth-order valence-corrected chi connectivity index (χ4v) is 2.96. The summed E-state index contributed by atoms with van der Waals surface area (Å²) in [7, 11) is 0. The Balaban J connectivity index is 0.00000144. The van der Waals surface area contributed by atoms with Crippen LogP contribution in [-0.2, 0) is 4.74 Å². The summed E-state index contributed by atoms with van der Waals surface area (Å²) < 4.78 is 5.25. The van der Waals surface area contributed by atoms with E-state index in [0.29, 0.717) is 17.9 Å². The maximum Gasteiger partial charge on any atom is 0.407 e. The van der Waals surface area contributed by atoms with E-state index in [9.17, 15) is 4.79 Å². The van der Waals surface area contributed by atoms with Crippen LogP contribution >= 0.6 is 12.4 Å². The van der Waals surface area contributed by atoms with E-state index in [1.807, 2.05) is 20.8 Å². The van der Waals surface area contributed by atoms with Crippen LogP contribution in [0.5, 0.6) is 0 Å². The molecular weight excluding hydrogens is 240 g/mol. The largest absolute Gasteiger partial charge is 0.444 e. The van der Waals surface area contributed by atoms with E-state index in [1.165, 1.54) is 6.42 Å². The molecule has 0 radical (unpaired) electrons. The SMILES string of the molecule is CC(C)(C)OC(=O)NC1CC2CC1CC2N.Cl. The van der Waals surface area contributed by atoms with E-state index in [2.05, 4.69) is 5.32 Å². The van der Waals surface area contributed by atoms with Gasteiger partial charge in [-0.15, -0.1) is 12.4 Å². The Morgan fingerprint density at radius 1 is 1.24 bits per heavy atom. The monoisotopic (exact) mass is 262 g/mol. The van der Waals surface area contributed by atoms with Crippen molar-refractivity contribution in [2.45, 2.75) is 57.7 Å². The summed E-state index contributed by atoms with van der Waals surface area (Å²) in [6.45, 7) is 5.63. The van der Waals surface area contributed by atoms with E-state index in [-0.39, 0.29) is 24.5 Å². The van der Waals surface area contributed by atoms with Crippen LogP contribution in [0.3, 0.4) is 0 Å². The Morgan fingerprint density at radius 3 is 2.29 bits per heavy atom. The highest BCUT2D eigenvalue weighted by molar-refractivity contribution is 5.85. The van der Waals surface area contributed by atoms with Crippen molar-refractivity contribution in [1.82, 2.24) is 5.32 Å². The predicted octanol–water partition coefficient (Wildman–Crippen LogP) is 2.06. The van der Waals surface area contributed by atoms with Gasteiger partial charge in [-0.25, -0.2) is 4.79 Å². The number of nitrogens with one attached hydrogen (secondary N) is 1. The molecule has 17 heavy (non-hydrogen) atoms. The fourth-order valence-electron chi connectivity index (χ4n) is 2.96. The summed E-state index contributed by atoms with van der Waals surface area (Å²) in [5.74, 6) is 1.16. The van der Waals surface area contributed by atoms with Crippen LogP contribution in [0.4, 0.5) is 4.79 Å². The van der Waals surface area contributed by atoms with Gasteiger partial charge in [0, 0.05) is 12.1 Å². The standard InChI is InChI=1S/C12H22N2O2.ClH/c1-12(2,3)16-11(15)14-10-6-7-4-8(10)5-9(7)13;/h7-10H,4-6,13H2,1-3H3,(H,14,15);1H. The van der Waals surface area contributed by atoms with Crippen molar-refractivity contribution in [3.05, 3.63) is 0 Å². The number of fused-ring (bicyclic) bond motifs is 2. The van der Waals surface area contributed by atoms with E-state index in [4.69, 9.17) is 10.5 Å². The van der Waals surface area contributed by atoms with Crippen molar-refractivity contribution < 1.29 is 9.53 Å². The molecule has 0 aromatic heterocycles. The summed E-state index contributed by atoms with van der Waals surface area (Å²) in [6.07, 6.45) is 2.94. The number of carbonyl (C=O) groups excluding carboxylic acids is 1. The number of alkyl carbamates (subject to hydrolysis) is 1. The molecule has 2 bridgehead atoms. The zero-order chi connectivity index (χ0) is 11.9. The third kappa shape index (κ3) is 3.49. The molecule has 0 saturated heterocycles. The fraction of sp³-hybridized carbons (Fsp3) is 0.917. The van der Waals surface area contributed by atoms with Gasteiger partial charge in [-0.2, -0.15) is 0 Å². The van der Waals surface area contributed by atoms with Gasteiger partial charge in [0.15, 0.2) is 0 Å². The van der Waals surface area contributed by atoms with Crippen LogP contribution in [0.15, 0.2) is 0 Å². The highest BCUT2D eigenvalue weighted by Gasteiger charge is 2.45.